The fraction of sp³-hybridized carbons (Fsp3) is 0.0870. The van der Waals surface area contributed by atoms with Crippen molar-refractivity contribution in [3.63, 3.8) is 0 Å². The lowest BCUT2D eigenvalue weighted by Crippen LogP contribution is -1.97. The standard InChI is InChI=1S/C23H18N4O/c1-27-10-6-17-4-5-18(11-22(17)27)20-12-19(13-21-23(20)26-9-8-25-21)28-15-16-3-2-7-24-14-16/h2-14H,15H2,1H3. The smallest absolute Gasteiger partial charge is 0.122 e. The zero-order chi connectivity index (χ0) is 18.9. The Hall–Kier alpha value is -3.73. The number of rotatable bonds is 4. The van der Waals surface area contributed by atoms with Crippen LogP contribution in [0.2, 0.25) is 0 Å². The Kier molecular flexibility index (Phi) is 3.98. The van der Waals surface area contributed by atoms with Crippen molar-refractivity contribution in [2.45, 2.75) is 6.61 Å². The molecule has 5 rings (SSSR count). The summed E-state index contributed by atoms with van der Waals surface area (Å²) in [5.74, 6) is 0.763. The molecule has 0 aliphatic carbocycles. The summed E-state index contributed by atoms with van der Waals surface area (Å²) in [6.07, 6.45) is 9.07. The van der Waals surface area contributed by atoms with Gasteiger partial charge < -0.3 is 9.30 Å². The molecule has 3 aromatic heterocycles. The molecule has 0 saturated carbocycles. The van der Waals surface area contributed by atoms with Crippen LogP contribution < -0.4 is 4.74 Å². The molecule has 0 saturated heterocycles. The largest absolute Gasteiger partial charge is 0.489 e. The van der Waals surface area contributed by atoms with Crippen molar-refractivity contribution in [3.8, 4) is 16.9 Å². The minimum Gasteiger partial charge on any atom is -0.489 e. The summed E-state index contributed by atoms with van der Waals surface area (Å²) < 4.78 is 8.17. The SMILES string of the molecule is Cn1ccc2ccc(-c3cc(OCc4cccnc4)cc4nccnc34)cc21. The van der Waals surface area contributed by atoms with Crippen LogP contribution in [0.15, 0.2) is 79.5 Å². The number of aryl methyl sites for hydroxylation is 1. The van der Waals surface area contributed by atoms with Crippen LogP contribution in [-0.4, -0.2) is 19.5 Å². The lowest BCUT2D eigenvalue weighted by Gasteiger charge is -2.11. The molecule has 0 fully saturated rings. The molecule has 3 heterocycles. The van der Waals surface area contributed by atoms with Crippen molar-refractivity contribution < 1.29 is 4.74 Å². The van der Waals surface area contributed by atoms with E-state index < -0.39 is 0 Å². The average molecular weight is 366 g/mol. The van der Waals surface area contributed by atoms with Crippen molar-refractivity contribution >= 4 is 21.9 Å². The molecular formula is C23H18N4O. The van der Waals surface area contributed by atoms with E-state index in [0.29, 0.717) is 6.61 Å². The van der Waals surface area contributed by atoms with E-state index in [1.54, 1.807) is 18.6 Å². The summed E-state index contributed by atoms with van der Waals surface area (Å²) in [6, 6.07) is 16.4. The summed E-state index contributed by atoms with van der Waals surface area (Å²) in [4.78, 5) is 13.2. The van der Waals surface area contributed by atoms with Gasteiger partial charge in [-0.05, 0) is 35.2 Å². The molecule has 136 valence electrons. The van der Waals surface area contributed by atoms with Crippen LogP contribution in [0.3, 0.4) is 0 Å². The van der Waals surface area contributed by atoms with Crippen LogP contribution >= 0.6 is 0 Å². The summed E-state index contributed by atoms with van der Waals surface area (Å²) >= 11 is 0. The van der Waals surface area contributed by atoms with Crippen LogP contribution in [0, 0.1) is 0 Å². The molecule has 0 aliphatic rings. The van der Waals surface area contributed by atoms with Gasteiger partial charge in [0.25, 0.3) is 0 Å². The maximum absolute atomic E-state index is 6.05. The maximum Gasteiger partial charge on any atom is 0.122 e. The quantitative estimate of drug-likeness (QED) is 0.460. The van der Waals surface area contributed by atoms with Gasteiger partial charge in [-0.1, -0.05) is 18.2 Å². The van der Waals surface area contributed by atoms with Crippen LogP contribution in [0.5, 0.6) is 5.75 Å². The lowest BCUT2D eigenvalue weighted by atomic mass is 10.0. The summed E-state index contributed by atoms with van der Waals surface area (Å²) in [7, 11) is 2.05. The zero-order valence-corrected chi connectivity index (χ0v) is 15.4. The van der Waals surface area contributed by atoms with Crippen molar-refractivity contribution in [3.05, 3.63) is 85.1 Å². The number of hydrogen-bond acceptors (Lipinski definition) is 4. The molecule has 5 nitrogen and oxygen atoms in total. The number of nitrogens with zero attached hydrogens (tertiary/aromatic N) is 4. The number of benzene rings is 2. The lowest BCUT2D eigenvalue weighted by molar-refractivity contribution is 0.306. The maximum atomic E-state index is 6.05. The Balaban J connectivity index is 1.60. The summed E-state index contributed by atoms with van der Waals surface area (Å²) in [6.45, 7) is 0.454. The monoisotopic (exact) mass is 366 g/mol. The molecule has 0 atom stereocenters. The number of fused-ring (bicyclic) bond motifs is 2. The third-order valence-electron chi connectivity index (χ3n) is 4.87. The van der Waals surface area contributed by atoms with Crippen LogP contribution in [0.4, 0.5) is 0 Å². The topological polar surface area (TPSA) is 52.8 Å². The third kappa shape index (κ3) is 2.97. The van der Waals surface area contributed by atoms with Crippen molar-refractivity contribution in [2.75, 3.05) is 0 Å². The van der Waals surface area contributed by atoms with Crippen LogP contribution in [0.25, 0.3) is 33.1 Å². The van der Waals surface area contributed by atoms with E-state index in [-0.39, 0.29) is 0 Å². The van der Waals surface area contributed by atoms with Gasteiger partial charge in [0.15, 0.2) is 0 Å². The highest BCUT2D eigenvalue weighted by Gasteiger charge is 2.11. The second-order valence-electron chi connectivity index (χ2n) is 6.75. The predicted molar refractivity (Wildman–Crippen MR) is 110 cm³/mol. The highest BCUT2D eigenvalue weighted by atomic mass is 16.5. The number of ether oxygens (including phenoxy) is 1. The van der Waals surface area contributed by atoms with Crippen LogP contribution in [0.1, 0.15) is 5.56 Å². The van der Waals surface area contributed by atoms with Gasteiger partial charge in [-0.2, -0.15) is 0 Å². The van der Waals surface area contributed by atoms with E-state index in [9.17, 15) is 0 Å². The Bertz CT molecular complexity index is 1280. The molecule has 5 aromatic rings. The highest BCUT2D eigenvalue weighted by molar-refractivity contribution is 5.95. The van der Waals surface area contributed by atoms with Gasteiger partial charge in [-0.3, -0.25) is 15.0 Å². The third-order valence-corrected chi connectivity index (χ3v) is 4.87. The first-order chi connectivity index (χ1) is 13.8. The van der Waals surface area contributed by atoms with Gasteiger partial charge in [0.1, 0.15) is 12.4 Å². The number of hydrogen-bond donors (Lipinski definition) is 0. The molecule has 2 aromatic carbocycles. The zero-order valence-electron chi connectivity index (χ0n) is 15.4. The van der Waals surface area contributed by atoms with E-state index in [0.717, 1.165) is 33.5 Å². The second-order valence-corrected chi connectivity index (χ2v) is 6.75. The molecule has 28 heavy (non-hydrogen) atoms. The summed E-state index contributed by atoms with van der Waals surface area (Å²) in [5, 5.41) is 1.21. The molecule has 0 unspecified atom stereocenters. The predicted octanol–water partition coefficient (Wildman–Crippen LogP) is 4.76. The van der Waals surface area contributed by atoms with Gasteiger partial charge in [-0.25, -0.2) is 0 Å². The van der Waals surface area contributed by atoms with Gasteiger partial charge >= 0.3 is 0 Å². The van der Waals surface area contributed by atoms with E-state index in [2.05, 4.69) is 57.0 Å². The first-order valence-electron chi connectivity index (χ1n) is 9.10. The summed E-state index contributed by atoms with van der Waals surface area (Å²) in [5.41, 5.74) is 5.98. The van der Waals surface area contributed by atoms with E-state index >= 15 is 0 Å². The van der Waals surface area contributed by atoms with Crippen molar-refractivity contribution in [2.24, 2.45) is 7.05 Å². The van der Waals surface area contributed by atoms with Gasteiger partial charge in [0.2, 0.25) is 0 Å². The Morgan fingerprint density at radius 3 is 2.79 bits per heavy atom. The van der Waals surface area contributed by atoms with E-state index in [1.807, 2.05) is 30.5 Å². The second kappa shape index (κ2) is 6.78. The number of aromatic nitrogens is 4. The van der Waals surface area contributed by atoms with Crippen LogP contribution in [-0.2, 0) is 13.7 Å². The fourth-order valence-electron chi connectivity index (χ4n) is 3.43. The average Bonchev–Trinajstić information content (AvgIpc) is 3.12. The van der Waals surface area contributed by atoms with Gasteiger partial charge in [0.05, 0.1) is 11.0 Å². The molecular weight excluding hydrogens is 348 g/mol. The first kappa shape index (κ1) is 16.4. The molecule has 0 amide bonds. The first-order valence-corrected chi connectivity index (χ1v) is 9.10. The Labute approximate surface area is 162 Å². The molecule has 0 radical (unpaired) electrons. The minimum absolute atomic E-state index is 0.454. The molecule has 0 spiro atoms. The van der Waals surface area contributed by atoms with Gasteiger partial charge in [-0.15, -0.1) is 0 Å². The van der Waals surface area contributed by atoms with E-state index in [1.165, 1.54) is 10.9 Å². The van der Waals surface area contributed by atoms with E-state index in [4.69, 9.17) is 4.74 Å². The molecule has 0 aliphatic heterocycles. The fourth-order valence-corrected chi connectivity index (χ4v) is 3.43. The molecule has 0 N–H and O–H groups in total. The molecule has 5 heteroatoms. The normalized spacial score (nSPS) is 11.2. The van der Waals surface area contributed by atoms with Crippen molar-refractivity contribution in [1.82, 2.24) is 19.5 Å². The van der Waals surface area contributed by atoms with Gasteiger partial charge in [0, 0.05) is 60.7 Å². The molecule has 0 bridgehead atoms. The van der Waals surface area contributed by atoms with Crippen molar-refractivity contribution in [1.29, 1.82) is 0 Å². The Morgan fingerprint density at radius 1 is 0.964 bits per heavy atom. The Morgan fingerprint density at radius 2 is 1.89 bits per heavy atom. The minimum atomic E-state index is 0.454. The number of pyridine rings is 1. The highest BCUT2D eigenvalue weighted by Crippen LogP contribution is 2.33.